The van der Waals surface area contributed by atoms with Gasteiger partial charge in [0.25, 0.3) is 5.91 Å². The van der Waals surface area contributed by atoms with Crippen molar-refractivity contribution in [2.75, 3.05) is 43.4 Å². The quantitative estimate of drug-likeness (QED) is 0.740. The lowest BCUT2D eigenvalue weighted by Gasteiger charge is -2.34. The largest absolute Gasteiger partial charge is 0.368 e. The highest BCUT2D eigenvalue weighted by Crippen LogP contribution is 2.23. The number of pyridine rings is 1. The van der Waals surface area contributed by atoms with Gasteiger partial charge in [-0.25, -0.2) is 9.97 Å². The van der Waals surface area contributed by atoms with Crippen molar-refractivity contribution in [1.29, 1.82) is 0 Å². The summed E-state index contributed by atoms with van der Waals surface area (Å²) in [5.74, 6) is -0.0650. The zero-order valence-corrected chi connectivity index (χ0v) is 15.9. The number of carbonyl (C=O) groups is 1. The molecule has 0 saturated carbocycles. The maximum atomic E-state index is 13.1. The van der Waals surface area contributed by atoms with Gasteiger partial charge in [-0.3, -0.25) is 9.59 Å². The van der Waals surface area contributed by atoms with Crippen LogP contribution in [0.15, 0.2) is 47.7 Å². The van der Waals surface area contributed by atoms with Crippen molar-refractivity contribution < 1.29 is 4.79 Å². The fourth-order valence-electron chi connectivity index (χ4n) is 3.46. The molecule has 2 aromatic heterocycles. The standard InChI is InChI=1S/C20H22N6O2/c1-24-9-11-26(12-10-24)15-6-4-3-5-14(15)20(28)23-18-17-16(27)7-8-25(2)19(17)22-13-21-18/h3-8,13H,9-12H2,1-2H3,(H,21,22,23,28). The Balaban J connectivity index is 1.68. The molecule has 0 radical (unpaired) electrons. The van der Waals surface area contributed by atoms with Crippen LogP contribution in [-0.2, 0) is 7.05 Å². The van der Waals surface area contributed by atoms with Crippen molar-refractivity contribution in [2.45, 2.75) is 0 Å². The van der Waals surface area contributed by atoms with Crippen LogP contribution in [-0.4, -0.2) is 58.6 Å². The molecule has 1 N–H and O–H groups in total. The maximum absolute atomic E-state index is 13.1. The second-order valence-corrected chi connectivity index (χ2v) is 6.97. The van der Waals surface area contributed by atoms with E-state index in [1.807, 2.05) is 18.2 Å². The summed E-state index contributed by atoms with van der Waals surface area (Å²) < 4.78 is 1.73. The second kappa shape index (κ2) is 7.40. The minimum atomic E-state index is -0.291. The van der Waals surface area contributed by atoms with E-state index in [2.05, 4.69) is 32.1 Å². The highest BCUT2D eigenvalue weighted by molar-refractivity contribution is 6.10. The van der Waals surface area contributed by atoms with Gasteiger partial charge in [-0.1, -0.05) is 12.1 Å². The molecule has 1 saturated heterocycles. The molecule has 1 amide bonds. The molecular weight excluding hydrogens is 356 g/mol. The summed E-state index contributed by atoms with van der Waals surface area (Å²) in [5.41, 5.74) is 1.70. The zero-order chi connectivity index (χ0) is 19.7. The summed E-state index contributed by atoms with van der Waals surface area (Å²) in [7, 11) is 3.89. The van der Waals surface area contributed by atoms with E-state index in [4.69, 9.17) is 0 Å². The molecule has 1 aliphatic rings. The Morgan fingerprint density at radius 3 is 2.57 bits per heavy atom. The third kappa shape index (κ3) is 3.34. The summed E-state index contributed by atoms with van der Waals surface area (Å²) in [6, 6.07) is 8.97. The Bertz CT molecular complexity index is 1090. The number of amides is 1. The van der Waals surface area contributed by atoms with Gasteiger partial charge in [0.15, 0.2) is 5.43 Å². The molecule has 8 nitrogen and oxygen atoms in total. The maximum Gasteiger partial charge on any atom is 0.258 e. The van der Waals surface area contributed by atoms with Crippen LogP contribution in [0.25, 0.3) is 11.0 Å². The van der Waals surface area contributed by atoms with Crippen LogP contribution in [0.3, 0.4) is 0 Å². The number of anilines is 2. The fourth-order valence-corrected chi connectivity index (χ4v) is 3.46. The van der Waals surface area contributed by atoms with Gasteiger partial charge in [0.2, 0.25) is 0 Å². The number of fused-ring (bicyclic) bond motifs is 1. The third-order valence-corrected chi connectivity index (χ3v) is 5.08. The molecule has 4 rings (SSSR count). The van der Waals surface area contributed by atoms with E-state index in [0.29, 0.717) is 16.6 Å². The SMILES string of the molecule is CN1CCN(c2ccccc2C(=O)Nc2ncnc3c2c(=O)ccn3C)CC1. The average molecular weight is 378 g/mol. The van der Waals surface area contributed by atoms with E-state index in [9.17, 15) is 9.59 Å². The molecule has 8 heteroatoms. The highest BCUT2D eigenvalue weighted by Gasteiger charge is 2.21. The lowest BCUT2D eigenvalue weighted by Crippen LogP contribution is -2.45. The number of piperazine rings is 1. The van der Waals surface area contributed by atoms with Crippen LogP contribution in [0.2, 0.25) is 0 Å². The summed E-state index contributed by atoms with van der Waals surface area (Å²) in [5, 5.41) is 3.12. The number of nitrogens with one attached hydrogen (secondary N) is 1. The first-order valence-electron chi connectivity index (χ1n) is 9.19. The van der Waals surface area contributed by atoms with E-state index in [1.54, 1.807) is 23.9 Å². The van der Waals surface area contributed by atoms with Crippen LogP contribution in [0.4, 0.5) is 11.5 Å². The first kappa shape index (κ1) is 18.1. The molecule has 1 aromatic carbocycles. The number of rotatable bonds is 3. The van der Waals surface area contributed by atoms with E-state index >= 15 is 0 Å². The van der Waals surface area contributed by atoms with Gasteiger partial charge < -0.3 is 19.7 Å². The van der Waals surface area contributed by atoms with Crippen molar-refractivity contribution >= 4 is 28.4 Å². The first-order chi connectivity index (χ1) is 13.5. The van der Waals surface area contributed by atoms with Crippen LogP contribution in [0.5, 0.6) is 0 Å². The van der Waals surface area contributed by atoms with Crippen molar-refractivity contribution in [3.63, 3.8) is 0 Å². The van der Waals surface area contributed by atoms with Crippen molar-refractivity contribution in [3.05, 3.63) is 58.6 Å². The molecule has 144 valence electrons. The second-order valence-electron chi connectivity index (χ2n) is 6.97. The Morgan fingerprint density at radius 1 is 1.04 bits per heavy atom. The normalized spacial score (nSPS) is 15.0. The predicted octanol–water partition coefficient (Wildman–Crippen LogP) is 1.33. The van der Waals surface area contributed by atoms with Gasteiger partial charge in [-0.15, -0.1) is 0 Å². The minimum absolute atomic E-state index is 0.226. The Kier molecular flexibility index (Phi) is 4.79. The summed E-state index contributed by atoms with van der Waals surface area (Å²) >= 11 is 0. The van der Waals surface area contributed by atoms with Gasteiger partial charge in [0.1, 0.15) is 23.2 Å². The molecular formula is C20H22N6O2. The Morgan fingerprint density at radius 2 is 1.79 bits per heavy atom. The smallest absolute Gasteiger partial charge is 0.258 e. The van der Waals surface area contributed by atoms with Crippen LogP contribution in [0.1, 0.15) is 10.4 Å². The topological polar surface area (TPSA) is 83.4 Å². The van der Waals surface area contributed by atoms with E-state index in [-0.39, 0.29) is 17.2 Å². The molecule has 0 unspecified atom stereocenters. The molecule has 0 atom stereocenters. The molecule has 0 aliphatic carbocycles. The van der Waals surface area contributed by atoms with Crippen molar-refractivity contribution in [2.24, 2.45) is 7.05 Å². The summed E-state index contributed by atoms with van der Waals surface area (Å²) in [6.45, 7) is 3.61. The lowest BCUT2D eigenvalue weighted by atomic mass is 10.1. The van der Waals surface area contributed by atoms with Crippen LogP contribution in [0, 0.1) is 0 Å². The van der Waals surface area contributed by atoms with E-state index in [0.717, 1.165) is 31.9 Å². The van der Waals surface area contributed by atoms with Gasteiger partial charge in [-0.2, -0.15) is 0 Å². The number of hydrogen-bond donors (Lipinski definition) is 1. The summed E-state index contributed by atoms with van der Waals surface area (Å²) in [6.07, 6.45) is 3.00. The summed E-state index contributed by atoms with van der Waals surface area (Å²) in [4.78, 5) is 38.2. The number of hydrogen-bond acceptors (Lipinski definition) is 6. The molecule has 1 fully saturated rings. The van der Waals surface area contributed by atoms with Gasteiger partial charge in [-0.05, 0) is 19.2 Å². The Hall–Kier alpha value is -3.26. The number of para-hydroxylation sites is 1. The molecule has 0 bridgehead atoms. The number of aromatic nitrogens is 3. The number of aryl methyl sites for hydroxylation is 1. The molecule has 0 spiro atoms. The number of carbonyl (C=O) groups excluding carboxylic acids is 1. The molecule has 28 heavy (non-hydrogen) atoms. The number of likely N-dealkylation sites (N-methyl/N-ethyl adjacent to an activating group) is 1. The fraction of sp³-hybridized carbons (Fsp3) is 0.300. The van der Waals surface area contributed by atoms with E-state index < -0.39 is 0 Å². The first-order valence-corrected chi connectivity index (χ1v) is 9.19. The van der Waals surface area contributed by atoms with Gasteiger partial charge >= 0.3 is 0 Å². The highest BCUT2D eigenvalue weighted by atomic mass is 16.1. The number of nitrogens with zero attached hydrogens (tertiary/aromatic N) is 5. The molecule has 3 aromatic rings. The van der Waals surface area contributed by atoms with Gasteiger partial charge in [0.05, 0.1) is 5.56 Å². The average Bonchev–Trinajstić information content (AvgIpc) is 2.71. The monoisotopic (exact) mass is 378 g/mol. The van der Waals surface area contributed by atoms with Gasteiger partial charge in [0, 0.05) is 51.2 Å². The zero-order valence-electron chi connectivity index (χ0n) is 15.9. The number of benzene rings is 1. The van der Waals surface area contributed by atoms with Crippen molar-refractivity contribution in [3.8, 4) is 0 Å². The Labute approximate surface area is 162 Å². The molecule has 1 aliphatic heterocycles. The predicted molar refractivity (Wildman–Crippen MR) is 109 cm³/mol. The van der Waals surface area contributed by atoms with E-state index in [1.165, 1.54) is 12.4 Å². The minimum Gasteiger partial charge on any atom is -0.368 e. The van der Waals surface area contributed by atoms with Crippen LogP contribution < -0.4 is 15.6 Å². The third-order valence-electron chi connectivity index (χ3n) is 5.08. The molecule has 3 heterocycles. The van der Waals surface area contributed by atoms with Crippen LogP contribution >= 0.6 is 0 Å². The lowest BCUT2D eigenvalue weighted by molar-refractivity contribution is 0.102. The van der Waals surface area contributed by atoms with Crippen molar-refractivity contribution in [1.82, 2.24) is 19.4 Å².